The number of nitrogens with zero attached hydrogens (tertiary/aromatic N) is 5. The van der Waals surface area contributed by atoms with Crippen LogP contribution in [0.25, 0.3) is 33.7 Å². The maximum Gasteiger partial charge on any atom is 0.330 e. The first kappa shape index (κ1) is 26.4. The fourth-order valence-electron chi connectivity index (χ4n) is 4.75. The summed E-state index contributed by atoms with van der Waals surface area (Å²) in [6, 6.07) is 24.6. The van der Waals surface area contributed by atoms with Gasteiger partial charge >= 0.3 is 5.69 Å². The van der Waals surface area contributed by atoms with Gasteiger partial charge in [-0.05, 0) is 54.4 Å². The van der Waals surface area contributed by atoms with Gasteiger partial charge in [0.25, 0.3) is 0 Å². The van der Waals surface area contributed by atoms with Crippen molar-refractivity contribution < 1.29 is 4.74 Å². The van der Waals surface area contributed by atoms with Crippen LogP contribution in [0.3, 0.4) is 0 Å². The second kappa shape index (κ2) is 11.3. The number of hydrogen-bond acceptors (Lipinski definition) is 5. The van der Waals surface area contributed by atoms with Crippen LogP contribution in [0.2, 0.25) is 0 Å². The smallest absolute Gasteiger partial charge is 0.330 e. The van der Waals surface area contributed by atoms with Crippen molar-refractivity contribution in [2.75, 3.05) is 27.2 Å². The highest BCUT2D eigenvalue weighted by Gasteiger charge is 2.17. The Balaban J connectivity index is 1.43. The minimum atomic E-state index is -0.111. The molecule has 0 unspecified atom stereocenters. The molecule has 0 aliphatic rings. The number of hydrogen-bond donors (Lipinski definition) is 0. The minimum absolute atomic E-state index is 0.111. The van der Waals surface area contributed by atoms with Crippen LogP contribution in [0.15, 0.2) is 83.8 Å². The number of aryl methyl sites for hydroxylation is 1. The predicted molar refractivity (Wildman–Crippen MR) is 157 cm³/mol. The molecule has 0 fully saturated rings. The number of likely N-dealkylation sites (N-methyl/N-ethyl adjacent to an activating group) is 1. The zero-order chi connectivity index (χ0) is 27.5. The molecule has 7 heteroatoms. The molecular formula is C32H35N5O2. The van der Waals surface area contributed by atoms with Crippen LogP contribution in [0.1, 0.15) is 30.9 Å². The molecule has 200 valence electrons. The fourth-order valence-corrected chi connectivity index (χ4v) is 4.75. The van der Waals surface area contributed by atoms with E-state index in [9.17, 15) is 4.79 Å². The van der Waals surface area contributed by atoms with Gasteiger partial charge in [0.15, 0.2) is 11.5 Å². The van der Waals surface area contributed by atoms with Crippen molar-refractivity contribution in [1.82, 2.24) is 24.0 Å². The van der Waals surface area contributed by atoms with Gasteiger partial charge < -0.3 is 9.64 Å². The molecule has 0 atom stereocenters. The summed E-state index contributed by atoms with van der Waals surface area (Å²) in [4.78, 5) is 24.8. The van der Waals surface area contributed by atoms with E-state index in [2.05, 4.69) is 66.2 Å². The Labute approximate surface area is 229 Å². The number of benzene rings is 3. The molecule has 0 aliphatic heterocycles. The van der Waals surface area contributed by atoms with E-state index in [-0.39, 0.29) is 5.69 Å². The third-order valence-corrected chi connectivity index (χ3v) is 6.98. The monoisotopic (exact) mass is 521 g/mol. The zero-order valence-electron chi connectivity index (χ0n) is 23.3. The summed E-state index contributed by atoms with van der Waals surface area (Å²) < 4.78 is 9.25. The summed E-state index contributed by atoms with van der Waals surface area (Å²) in [5.74, 6) is 1.83. The number of ether oxygens (including phenoxy) is 1. The summed E-state index contributed by atoms with van der Waals surface area (Å²) in [6.07, 6.45) is 1.75. The SMILES string of the molecule is CC(C)c1ccccc1-c1ncc2c(n1)n(Cc1ccc(-c3cccc(OCCN(C)C)c3)cc1)c(=O)n2C. The lowest BCUT2D eigenvalue weighted by atomic mass is 9.97. The number of rotatable bonds is 9. The van der Waals surface area contributed by atoms with Gasteiger partial charge in [-0.15, -0.1) is 0 Å². The van der Waals surface area contributed by atoms with Crippen molar-refractivity contribution in [2.45, 2.75) is 26.3 Å². The standard InChI is InChI=1S/C32H35N5O2/c1-22(2)27-11-6-7-12-28(27)30-33-20-29-31(34-30)37(32(38)36(29)5)21-23-13-15-24(16-14-23)25-9-8-10-26(19-25)39-18-17-35(3)4/h6-16,19-20,22H,17-18,21H2,1-5H3. The van der Waals surface area contributed by atoms with Crippen LogP contribution in [0.4, 0.5) is 0 Å². The van der Waals surface area contributed by atoms with Crippen molar-refractivity contribution in [2.24, 2.45) is 7.05 Å². The van der Waals surface area contributed by atoms with Gasteiger partial charge in [0.1, 0.15) is 17.9 Å². The lowest BCUT2D eigenvalue weighted by Gasteiger charge is -2.12. The lowest BCUT2D eigenvalue weighted by Crippen LogP contribution is -2.22. The van der Waals surface area contributed by atoms with E-state index in [4.69, 9.17) is 9.72 Å². The molecule has 2 aromatic heterocycles. The maximum atomic E-state index is 13.2. The molecule has 3 aromatic carbocycles. The Bertz CT molecular complexity index is 1650. The number of imidazole rings is 1. The summed E-state index contributed by atoms with van der Waals surface area (Å²) in [5, 5.41) is 0. The first-order chi connectivity index (χ1) is 18.8. The third kappa shape index (κ3) is 5.64. The highest BCUT2D eigenvalue weighted by atomic mass is 16.5. The molecule has 0 N–H and O–H groups in total. The van der Waals surface area contributed by atoms with Crippen molar-refractivity contribution in [3.05, 3.63) is 101 Å². The molecule has 0 spiro atoms. The van der Waals surface area contributed by atoms with Gasteiger partial charge in [-0.3, -0.25) is 9.13 Å². The Kier molecular flexibility index (Phi) is 7.61. The van der Waals surface area contributed by atoms with Gasteiger partial charge in [-0.2, -0.15) is 0 Å². The topological polar surface area (TPSA) is 65.2 Å². The summed E-state index contributed by atoms with van der Waals surface area (Å²) in [6.45, 7) is 6.25. The Morgan fingerprint density at radius 2 is 1.72 bits per heavy atom. The van der Waals surface area contributed by atoms with Gasteiger partial charge in [0.2, 0.25) is 0 Å². The molecule has 0 amide bonds. The maximum absolute atomic E-state index is 13.2. The van der Waals surface area contributed by atoms with E-state index in [1.165, 1.54) is 5.56 Å². The van der Waals surface area contributed by atoms with Crippen molar-refractivity contribution in [3.8, 4) is 28.3 Å². The molecule has 0 saturated carbocycles. The van der Waals surface area contributed by atoms with Crippen molar-refractivity contribution in [1.29, 1.82) is 0 Å². The molecule has 39 heavy (non-hydrogen) atoms. The van der Waals surface area contributed by atoms with E-state index in [0.717, 1.165) is 34.5 Å². The predicted octanol–water partition coefficient (Wildman–Crippen LogP) is 5.58. The highest BCUT2D eigenvalue weighted by Crippen LogP contribution is 2.28. The molecule has 0 aliphatic carbocycles. The van der Waals surface area contributed by atoms with Crippen LogP contribution in [0, 0.1) is 0 Å². The summed E-state index contributed by atoms with van der Waals surface area (Å²) in [7, 11) is 5.83. The second-order valence-electron chi connectivity index (χ2n) is 10.4. The van der Waals surface area contributed by atoms with Gasteiger partial charge in [-0.1, -0.05) is 74.5 Å². The third-order valence-electron chi connectivity index (χ3n) is 6.98. The Morgan fingerprint density at radius 3 is 2.46 bits per heavy atom. The van der Waals surface area contributed by atoms with E-state index in [0.29, 0.717) is 36.1 Å². The fraction of sp³-hybridized carbons (Fsp3) is 0.281. The van der Waals surface area contributed by atoms with Crippen LogP contribution in [0.5, 0.6) is 5.75 Å². The Hall–Kier alpha value is -4.23. The quantitative estimate of drug-likeness (QED) is 0.254. The Morgan fingerprint density at radius 1 is 0.949 bits per heavy atom. The average Bonchev–Trinajstić information content (AvgIpc) is 3.17. The normalized spacial score (nSPS) is 11.6. The minimum Gasteiger partial charge on any atom is -0.492 e. The molecule has 0 saturated heterocycles. The van der Waals surface area contributed by atoms with Gasteiger partial charge in [-0.25, -0.2) is 14.8 Å². The molecule has 5 rings (SSSR count). The largest absolute Gasteiger partial charge is 0.492 e. The van der Waals surface area contributed by atoms with E-state index < -0.39 is 0 Å². The molecule has 7 nitrogen and oxygen atoms in total. The van der Waals surface area contributed by atoms with Gasteiger partial charge in [0.05, 0.1) is 12.7 Å². The van der Waals surface area contributed by atoms with Crippen LogP contribution >= 0.6 is 0 Å². The molecule has 2 heterocycles. The van der Waals surface area contributed by atoms with Gasteiger partial charge in [0, 0.05) is 19.2 Å². The molecule has 5 aromatic rings. The van der Waals surface area contributed by atoms with E-state index in [1.807, 2.05) is 44.4 Å². The number of aromatic nitrogens is 4. The van der Waals surface area contributed by atoms with E-state index in [1.54, 1.807) is 22.4 Å². The molecule has 0 bridgehead atoms. The lowest BCUT2D eigenvalue weighted by molar-refractivity contribution is 0.261. The van der Waals surface area contributed by atoms with Crippen molar-refractivity contribution in [3.63, 3.8) is 0 Å². The number of fused-ring (bicyclic) bond motifs is 1. The average molecular weight is 522 g/mol. The first-order valence-electron chi connectivity index (χ1n) is 13.3. The highest BCUT2D eigenvalue weighted by molar-refractivity contribution is 5.74. The van der Waals surface area contributed by atoms with Crippen LogP contribution < -0.4 is 10.4 Å². The van der Waals surface area contributed by atoms with Crippen LogP contribution in [-0.2, 0) is 13.6 Å². The molecule has 0 radical (unpaired) electrons. The van der Waals surface area contributed by atoms with E-state index >= 15 is 0 Å². The second-order valence-corrected chi connectivity index (χ2v) is 10.4. The summed E-state index contributed by atoms with van der Waals surface area (Å²) >= 11 is 0. The van der Waals surface area contributed by atoms with Crippen LogP contribution in [-0.4, -0.2) is 51.2 Å². The van der Waals surface area contributed by atoms with Crippen molar-refractivity contribution >= 4 is 11.2 Å². The zero-order valence-corrected chi connectivity index (χ0v) is 23.3. The first-order valence-corrected chi connectivity index (χ1v) is 13.3. The summed E-state index contributed by atoms with van der Waals surface area (Å²) in [5.41, 5.74) is 6.63. The molecular weight excluding hydrogens is 486 g/mol.